The molecule has 1 saturated heterocycles. The van der Waals surface area contributed by atoms with Gasteiger partial charge in [0.25, 0.3) is 0 Å². The van der Waals surface area contributed by atoms with Crippen molar-refractivity contribution in [2.75, 3.05) is 24.5 Å². The van der Waals surface area contributed by atoms with Crippen LogP contribution in [0.5, 0.6) is 5.75 Å². The van der Waals surface area contributed by atoms with Crippen LogP contribution in [-0.4, -0.2) is 70.7 Å². The summed E-state index contributed by atoms with van der Waals surface area (Å²) in [5.74, 6) is -6.57. The summed E-state index contributed by atoms with van der Waals surface area (Å²) in [6.07, 6.45) is -2.69. The number of anilines is 1. The average molecular weight is 563 g/mol. The van der Waals surface area contributed by atoms with E-state index >= 15 is 0 Å². The first kappa shape index (κ1) is 29.9. The number of nitrogen functional groups attached to an aromatic ring is 1. The molecule has 38 heavy (non-hydrogen) atoms. The fraction of sp³-hybridized carbons (Fsp3) is 0.333. The molecule has 0 bridgehead atoms. The van der Waals surface area contributed by atoms with Gasteiger partial charge in [-0.1, -0.05) is 11.3 Å². The maximum absolute atomic E-state index is 14.1. The van der Waals surface area contributed by atoms with Crippen molar-refractivity contribution < 1.29 is 51.7 Å². The molecular formula is C21H21F4N5O7S. The Bertz CT molecular complexity index is 1210. The first-order valence-electron chi connectivity index (χ1n) is 10.6. The molecule has 0 atom stereocenters. The summed E-state index contributed by atoms with van der Waals surface area (Å²) >= 11 is 1.09. The van der Waals surface area contributed by atoms with Crippen LogP contribution in [0.3, 0.4) is 0 Å². The van der Waals surface area contributed by atoms with E-state index in [0.29, 0.717) is 31.1 Å². The number of aromatic nitrogens is 1. The minimum Gasteiger partial charge on any atom is -0.480 e. The number of carboxylic acid groups (broad SMARTS) is 2. The number of halogens is 4. The Balaban J connectivity index is 0.000000638. The Kier molecular flexibility index (Phi) is 10.1. The molecule has 0 spiro atoms. The number of amides is 1. The highest BCUT2D eigenvalue weighted by molar-refractivity contribution is 7.17. The summed E-state index contributed by atoms with van der Waals surface area (Å²) in [6.45, 7) is 0.637. The summed E-state index contributed by atoms with van der Waals surface area (Å²) in [5.41, 5.74) is 5.48. The summed E-state index contributed by atoms with van der Waals surface area (Å²) < 4.78 is 50.9. The monoisotopic (exact) mass is 563 g/mol. The van der Waals surface area contributed by atoms with Gasteiger partial charge in [0.05, 0.1) is 6.20 Å². The molecule has 0 saturated carbocycles. The predicted molar refractivity (Wildman–Crippen MR) is 124 cm³/mol. The molecular weight excluding hydrogens is 542 g/mol. The van der Waals surface area contributed by atoms with E-state index in [1.807, 2.05) is 4.90 Å². The number of carboxylic acids is 2. The molecule has 1 amide bonds. The molecule has 6 N–H and O–H groups in total. The second-order valence-electron chi connectivity index (χ2n) is 7.63. The first-order chi connectivity index (χ1) is 17.7. The zero-order chi connectivity index (χ0) is 28.6. The number of aliphatic carboxylic acids is 2. The van der Waals surface area contributed by atoms with Crippen molar-refractivity contribution in [3.8, 4) is 5.75 Å². The first-order valence-corrected chi connectivity index (χ1v) is 11.4. The van der Waals surface area contributed by atoms with Gasteiger partial charge in [-0.05, 0) is 31.0 Å². The molecule has 17 heteroatoms. The number of ether oxygens (including phenoxy) is 1. The standard InChI is InChI=1S/C19H20FN5O5S.C2HF3O2/c20-12-7-11(16(21)22)1-2-13(12)30-18(29)14-8-24-19(31-14)25-5-3-10(4-6-25)17(28)23-9-15(26)27;3-2(4,5)1(6)7/h1-2,7-8,10H,3-6,9H2,(H3,21,22)(H,23,28)(H,26,27);(H,6,7). The highest BCUT2D eigenvalue weighted by Gasteiger charge is 2.38. The Morgan fingerprint density at radius 3 is 2.32 bits per heavy atom. The minimum atomic E-state index is -5.08. The number of nitrogens with two attached hydrogens (primary N) is 1. The van der Waals surface area contributed by atoms with Crippen LogP contribution in [0.25, 0.3) is 0 Å². The van der Waals surface area contributed by atoms with Gasteiger partial charge in [-0.25, -0.2) is 19.0 Å². The number of carbonyl (C=O) groups excluding carboxylic acids is 2. The highest BCUT2D eigenvalue weighted by Crippen LogP contribution is 2.29. The average Bonchev–Trinajstić information content (AvgIpc) is 3.34. The molecule has 1 aliphatic rings. The molecule has 0 aliphatic carbocycles. The summed E-state index contributed by atoms with van der Waals surface area (Å²) in [7, 11) is 0. The van der Waals surface area contributed by atoms with Crippen molar-refractivity contribution in [3.63, 3.8) is 0 Å². The number of amidine groups is 1. The van der Waals surface area contributed by atoms with Crippen LogP contribution in [0.4, 0.5) is 22.7 Å². The third-order valence-electron chi connectivity index (χ3n) is 4.93. The van der Waals surface area contributed by atoms with E-state index in [1.54, 1.807) is 0 Å². The van der Waals surface area contributed by atoms with Gasteiger partial charge in [0.15, 0.2) is 16.7 Å². The van der Waals surface area contributed by atoms with Crippen molar-refractivity contribution in [1.82, 2.24) is 10.3 Å². The lowest BCUT2D eigenvalue weighted by Crippen LogP contribution is -2.41. The van der Waals surface area contributed by atoms with Gasteiger partial charge in [-0.3, -0.25) is 15.0 Å². The zero-order valence-corrected chi connectivity index (χ0v) is 20.1. The second-order valence-corrected chi connectivity index (χ2v) is 8.64. The third-order valence-corrected chi connectivity index (χ3v) is 5.97. The molecule has 3 rings (SSSR count). The van der Waals surface area contributed by atoms with Crippen LogP contribution in [0, 0.1) is 17.1 Å². The van der Waals surface area contributed by atoms with E-state index in [9.17, 15) is 31.9 Å². The number of hydrogen-bond acceptors (Lipinski definition) is 9. The van der Waals surface area contributed by atoms with E-state index in [2.05, 4.69) is 10.3 Å². The summed E-state index contributed by atoms with van der Waals surface area (Å²) in [5, 5.41) is 26.0. The van der Waals surface area contributed by atoms with Crippen molar-refractivity contribution >= 4 is 46.1 Å². The Hall–Kier alpha value is -4.28. The third kappa shape index (κ3) is 8.68. The molecule has 2 aromatic rings. The minimum absolute atomic E-state index is 0.178. The van der Waals surface area contributed by atoms with Gasteiger partial charge in [0.1, 0.15) is 17.3 Å². The van der Waals surface area contributed by atoms with Gasteiger partial charge in [0, 0.05) is 24.6 Å². The van der Waals surface area contributed by atoms with Crippen molar-refractivity contribution in [2.24, 2.45) is 11.7 Å². The number of thiazole rings is 1. The zero-order valence-electron chi connectivity index (χ0n) is 19.2. The molecule has 206 valence electrons. The molecule has 1 aromatic heterocycles. The van der Waals surface area contributed by atoms with Gasteiger partial charge >= 0.3 is 24.1 Å². The van der Waals surface area contributed by atoms with Crippen molar-refractivity contribution in [3.05, 3.63) is 40.7 Å². The Morgan fingerprint density at radius 1 is 1.21 bits per heavy atom. The number of piperidine rings is 1. The van der Waals surface area contributed by atoms with E-state index in [0.717, 1.165) is 17.4 Å². The lowest BCUT2D eigenvalue weighted by molar-refractivity contribution is -0.192. The fourth-order valence-electron chi connectivity index (χ4n) is 3.05. The predicted octanol–water partition coefficient (Wildman–Crippen LogP) is 1.84. The lowest BCUT2D eigenvalue weighted by atomic mass is 9.96. The summed E-state index contributed by atoms with van der Waals surface area (Å²) in [6, 6.07) is 3.62. The quantitative estimate of drug-likeness (QED) is 0.109. The molecule has 12 nitrogen and oxygen atoms in total. The van der Waals surface area contributed by atoms with Crippen LogP contribution in [-0.2, 0) is 14.4 Å². The van der Waals surface area contributed by atoms with Crippen LogP contribution in [0.1, 0.15) is 28.1 Å². The second kappa shape index (κ2) is 12.8. The SMILES string of the molecule is N=C(N)c1ccc(OC(=O)c2cnc(N3CCC(C(=O)NCC(=O)O)CC3)s2)c(F)c1.O=C(O)C(F)(F)F. The largest absolute Gasteiger partial charge is 0.490 e. The number of carbonyl (C=O) groups is 4. The number of nitrogens with zero attached hydrogens (tertiary/aromatic N) is 2. The number of benzene rings is 1. The Labute approximate surface area is 215 Å². The topological polar surface area (TPSA) is 196 Å². The van der Waals surface area contributed by atoms with Crippen molar-refractivity contribution in [1.29, 1.82) is 5.41 Å². The van der Waals surface area contributed by atoms with Gasteiger partial charge < -0.3 is 30.9 Å². The molecule has 2 heterocycles. The van der Waals surface area contributed by atoms with Crippen LogP contribution in [0.15, 0.2) is 24.4 Å². The molecule has 0 unspecified atom stereocenters. The molecule has 0 radical (unpaired) electrons. The maximum Gasteiger partial charge on any atom is 0.490 e. The lowest BCUT2D eigenvalue weighted by Gasteiger charge is -2.30. The number of alkyl halides is 3. The van der Waals surface area contributed by atoms with E-state index in [-0.39, 0.29) is 33.9 Å². The highest BCUT2D eigenvalue weighted by atomic mass is 32.1. The smallest absolute Gasteiger partial charge is 0.480 e. The van der Waals surface area contributed by atoms with Crippen molar-refractivity contribution in [2.45, 2.75) is 19.0 Å². The molecule has 1 fully saturated rings. The van der Waals surface area contributed by atoms with Gasteiger partial charge in [0.2, 0.25) is 5.91 Å². The van der Waals surface area contributed by atoms with Crippen LogP contribution >= 0.6 is 11.3 Å². The normalized spacial score (nSPS) is 13.6. The number of rotatable bonds is 7. The maximum atomic E-state index is 14.1. The number of nitrogens with one attached hydrogen (secondary N) is 2. The van der Waals surface area contributed by atoms with Crippen LogP contribution < -0.4 is 20.7 Å². The van der Waals surface area contributed by atoms with E-state index in [1.165, 1.54) is 18.3 Å². The fourth-order valence-corrected chi connectivity index (χ4v) is 3.89. The number of hydrogen-bond donors (Lipinski definition) is 5. The van der Waals surface area contributed by atoms with Gasteiger partial charge in [-0.15, -0.1) is 0 Å². The number of esters is 1. The van der Waals surface area contributed by atoms with E-state index < -0.39 is 36.4 Å². The summed E-state index contributed by atoms with van der Waals surface area (Å²) in [4.78, 5) is 50.1. The molecule has 1 aromatic carbocycles. The van der Waals surface area contributed by atoms with Gasteiger partial charge in [-0.2, -0.15) is 13.2 Å². The van der Waals surface area contributed by atoms with E-state index in [4.69, 9.17) is 30.9 Å². The van der Waals surface area contributed by atoms with Crippen LogP contribution in [0.2, 0.25) is 0 Å². The Morgan fingerprint density at radius 2 is 1.82 bits per heavy atom. The molecule has 1 aliphatic heterocycles.